The predicted octanol–water partition coefficient (Wildman–Crippen LogP) is 1.67. The van der Waals surface area contributed by atoms with E-state index in [1.54, 1.807) is 0 Å². The Kier molecular flexibility index (Phi) is 4.18. The van der Waals surface area contributed by atoms with E-state index in [1.807, 2.05) is 6.92 Å². The number of alkyl halides is 3. The van der Waals surface area contributed by atoms with E-state index in [9.17, 15) is 18.0 Å². The molecule has 2 N–H and O–H groups in total. The minimum absolute atomic E-state index is 0.253. The van der Waals surface area contributed by atoms with Gasteiger partial charge in [0, 0.05) is 6.04 Å². The minimum atomic E-state index is -4.34. The average molecular weight is 238 g/mol. The van der Waals surface area contributed by atoms with Crippen LogP contribution in [-0.2, 0) is 4.79 Å². The Morgan fingerprint density at radius 2 is 2.06 bits per heavy atom. The van der Waals surface area contributed by atoms with E-state index in [-0.39, 0.29) is 6.04 Å². The number of carbonyl (C=O) groups is 1. The molecule has 1 atom stereocenters. The van der Waals surface area contributed by atoms with Gasteiger partial charge in [-0.15, -0.1) is 0 Å². The molecule has 1 aliphatic carbocycles. The molecule has 6 heteroatoms. The van der Waals surface area contributed by atoms with Crippen LogP contribution in [0.4, 0.5) is 13.2 Å². The summed E-state index contributed by atoms with van der Waals surface area (Å²) >= 11 is 0. The first-order valence-electron chi connectivity index (χ1n) is 5.48. The lowest BCUT2D eigenvalue weighted by Gasteiger charge is -2.26. The van der Waals surface area contributed by atoms with Gasteiger partial charge in [0.05, 0.1) is 6.04 Å². The fourth-order valence-corrected chi connectivity index (χ4v) is 1.61. The highest BCUT2D eigenvalue weighted by Gasteiger charge is 2.41. The van der Waals surface area contributed by atoms with Crippen LogP contribution in [-0.4, -0.2) is 35.6 Å². The molecule has 1 amide bonds. The van der Waals surface area contributed by atoms with Crippen LogP contribution in [0.1, 0.15) is 32.6 Å². The molecule has 0 radical (unpaired) electrons. The fourth-order valence-electron chi connectivity index (χ4n) is 1.61. The molecule has 0 aromatic rings. The number of nitrogens with zero attached hydrogens (tertiary/aromatic N) is 1. The van der Waals surface area contributed by atoms with Crippen molar-refractivity contribution < 1.29 is 18.0 Å². The van der Waals surface area contributed by atoms with E-state index in [4.69, 9.17) is 5.73 Å². The summed E-state index contributed by atoms with van der Waals surface area (Å²) in [6.07, 6.45) is -1.91. The molecule has 0 saturated heterocycles. The van der Waals surface area contributed by atoms with Gasteiger partial charge in [0.1, 0.15) is 6.54 Å². The maximum atomic E-state index is 12.3. The van der Waals surface area contributed by atoms with E-state index in [2.05, 4.69) is 0 Å². The molecule has 1 saturated carbocycles. The normalized spacial score (nSPS) is 18.3. The molecule has 0 aromatic carbocycles. The van der Waals surface area contributed by atoms with Crippen molar-refractivity contribution >= 4 is 5.91 Å². The molecule has 0 aromatic heterocycles. The van der Waals surface area contributed by atoms with Crippen molar-refractivity contribution in [2.24, 2.45) is 5.73 Å². The van der Waals surface area contributed by atoms with Crippen LogP contribution in [0.3, 0.4) is 0 Å². The average Bonchev–Trinajstić information content (AvgIpc) is 2.95. The van der Waals surface area contributed by atoms with Gasteiger partial charge >= 0.3 is 6.18 Å². The van der Waals surface area contributed by atoms with Gasteiger partial charge in [-0.25, -0.2) is 0 Å². The van der Waals surface area contributed by atoms with Crippen LogP contribution in [0, 0.1) is 0 Å². The number of hydrogen-bond donors (Lipinski definition) is 1. The maximum Gasteiger partial charge on any atom is 0.406 e. The van der Waals surface area contributed by atoms with Crippen LogP contribution in [0.25, 0.3) is 0 Å². The van der Waals surface area contributed by atoms with Crippen LogP contribution in [0.2, 0.25) is 0 Å². The first kappa shape index (κ1) is 13.3. The second-order valence-corrected chi connectivity index (χ2v) is 4.21. The Balaban J connectivity index is 2.59. The van der Waals surface area contributed by atoms with Gasteiger partial charge in [-0.2, -0.15) is 13.2 Å². The zero-order valence-electron chi connectivity index (χ0n) is 9.26. The van der Waals surface area contributed by atoms with Crippen LogP contribution < -0.4 is 5.73 Å². The van der Waals surface area contributed by atoms with Gasteiger partial charge in [0.2, 0.25) is 5.91 Å². The van der Waals surface area contributed by atoms with Crippen molar-refractivity contribution in [1.82, 2.24) is 4.90 Å². The van der Waals surface area contributed by atoms with Crippen LogP contribution in [0.15, 0.2) is 0 Å². The lowest BCUT2D eigenvalue weighted by Crippen LogP contribution is -2.48. The van der Waals surface area contributed by atoms with E-state index < -0.39 is 24.7 Å². The summed E-state index contributed by atoms with van der Waals surface area (Å²) in [7, 11) is 0. The summed E-state index contributed by atoms with van der Waals surface area (Å²) in [6, 6.07) is -1.05. The van der Waals surface area contributed by atoms with Crippen molar-refractivity contribution in [2.75, 3.05) is 6.54 Å². The third-order valence-corrected chi connectivity index (χ3v) is 2.54. The van der Waals surface area contributed by atoms with E-state index in [0.717, 1.165) is 4.90 Å². The molecular weight excluding hydrogens is 221 g/mol. The van der Waals surface area contributed by atoms with E-state index >= 15 is 0 Å². The van der Waals surface area contributed by atoms with Gasteiger partial charge in [0.25, 0.3) is 0 Å². The second-order valence-electron chi connectivity index (χ2n) is 4.21. The summed E-state index contributed by atoms with van der Waals surface area (Å²) in [4.78, 5) is 12.6. The van der Waals surface area contributed by atoms with Gasteiger partial charge < -0.3 is 10.6 Å². The second kappa shape index (κ2) is 5.03. The zero-order chi connectivity index (χ0) is 12.3. The third-order valence-electron chi connectivity index (χ3n) is 2.54. The molecule has 0 bridgehead atoms. The molecule has 0 spiro atoms. The van der Waals surface area contributed by atoms with Gasteiger partial charge in [-0.3, -0.25) is 4.79 Å². The van der Waals surface area contributed by atoms with Crippen molar-refractivity contribution in [3.63, 3.8) is 0 Å². The SMILES string of the molecule is CCCC(N)C(=O)N(CC(F)(F)F)C1CC1. The van der Waals surface area contributed by atoms with Crippen molar-refractivity contribution in [2.45, 2.75) is 50.9 Å². The lowest BCUT2D eigenvalue weighted by molar-refractivity contribution is -0.163. The molecule has 3 nitrogen and oxygen atoms in total. The maximum absolute atomic E-state index is 12.3. The Morgan fingerprint density at radius 1 is 1.50 bits per heavy atom. The molecule has 16 heavy (non-hydrogen) atoms. The number of rotatable bonds is 5. The van der Waals surface area contributed by atoms with Gasteiger partial charge in [0.15, 0.2) is 0 Å². The topological polar surface area (TPSA) is 46.3 Å². The third kappa shape index (κ3) is 4.00. The van der Waals surface area contributed by atoms with E-state index in [1.165, 1.54) is 0 Å². The molecular formula is C10H17F3N2O. The standard InChI is InChI=1S/C10H17F3N2O/c1-2-3-8(14)9(16)15(7-4-5-7)6-10(11,12)13/h7-8H,2-6,14H2,1H3. The fraction of sp³-hybridized carbons (Fsp3) is 0.900. The van der Waals surface area contributed by atoms with Gasteiger partial charge in [-0.1, -0.05) is 13.3 Å². The Bertz CT molecular complexity index is 251. The summed E-state index contributed by atoms with van der Waals surface area (Å²) in [5.41, 5.74) is 5.55. The van der Waals surface area contributed by atoms with Crippen molar-refractivity contribution in [1.29, 1.82) is 0 Å². The highest BCUT2D eigenvalue weighted by Crippen LogP contribution is 2.30. The molecule has 1 aliphatic rings. The molecule has 0 heterocycles. The molecule has 1 fully saturated rings. The predicted molar refractivity (Wildman–Crippen MR) is 53.7 cm³/mol. The highest BCUT2D eigenvalue weighted by molar-refractivity contribution is 5.82. The molecule has 0 aliphatic heterocycles. The van der Waals surface area contributed by atoms with Crippen molar-refractivity contribution in [3.05, 3.63) is 0 Å². The number of halogens is 3. The number of nitrogens with two attached hydrogens (primary N) is 1. The van der Waals surface area contributed by atoms with Crippen LogP contribution >= 0.6 is 0 Å². The number of carbonyl (C=O) groups excluding carboxylic acids is 1. The monoisotopic (exact) mass is 238 g/mol. The molecule has 1 unspecified atom stereocenters. The summed E-state index contributed by atoms with van der Waals surface area (Å²) in [5.74, 6) is -0.568. The Labute approximate surface area is 92.8 Å². The smallest absolute Gasteiger partial charge is 0.329 e. The first-order chi connectivity index (χ1) is 7.35. The molecule has 94 valence electrons. The molecule has 1 rings (SSSR count). The first-order valence-corrected chi connectivity index (χ1v) is 5.48. The number of amides is 1. The largest absolute Gasteiger partial charge is 0.406 e. The summed E-state index contributed by atoms with van der Waals surface area (Å²) in [6.45, 7) is 0.673. The lowest BCUT2D eigenvalue weighted by atomic mass is 10.1. The van der Waals surface area contributed by atoms with Crippen LogP contribution in [0.5, 0.6) is 0 Å². The van der Waals surface area contributed by atoms with Gasteiger partial charge in [-0.05, 0) is 19.3 Å². The Hall–Kier alpha value is -0.780. The van der Waals surface area contributed by atoms with Crippen molar-refractivity contribution in [3.8, 4) is 0 Å². The summed E-state index contributed by atoms with van der Waals surface area (Å²) in [5, 5.41) is 0. The zero-order valence-corrected chi connectivity index (χ0v) is 9.26. The number of hydrogen-bond acceptors (Lipinski definition) is 2. The quantitative estimate of drug-likeness (QED) is 0.791. The highest BCUT2D eigenvalue weighted by atomic mass is 19.4. The minimum Gasteiger partial charge on any atom is -0.329 e. The Morgan fingerprint density at radius 3 is 2.44 bits per heavy atom. The van der Waals surface area contributed by atoms with E-state index in [0.29, 0.717) is 25.7 Å². The summed E-state index contributed by atoms with van der Waals surface area (Å²) < 4.78 is 36.8.